The van der Waals surface area contributed by atoms with Gasteiger partial charge >= 0.3 is 0 Å². The zero-order valence-corrected chi connectivity index (χ0v) is 10.9. The minimum atomic E-state index is -0.839. The van der Waals surface area contributed by atoms with E-state index in [4.69, 9.17) is 0 Å². The predicted octanol–water partition coefficient (Wildman–Crippen LogP) is 2.55. The molecule has 1 N–H and O–H groups in total. The number of rotatable bonds is 3. The summed E-state index contributed by atoms with van der Waals surface area (Å²) in [6, 6.07) is 6.48. The van der Waals surface area contributed by atoms with E-state index in [1.807, 2.05) is 7.05 Å². The van der Waals surface area contributed by atoms with Gasteiger partial charge in [0.05, 0.1) is 16.0 Å². The van der Waals surface area contributed by atoms with Crippen LogP contribution < -0.4 is 5.32 Å². The van der Waals surface area contributed by atoms with E-state index < -0.39 is 10.8 Å². The number of aryl methyl sites for hydroxylation is 1. The van der Waals surface area contributed by atoms with Crippen LogP contribution in [0.25, 0.3) is 0 Å². The summed E-state index contributed by atoms with van der Waals surface area (Å²) < 4.78 is 12.4. The summed E-state index contributed by atoms with van der Waals surface area (Å²) in [4.78, 5) is 1.07. The van der Waals surface area contributed by atoms with E-state index in [0.717, 1.165) is 23.3 Å². The van der Waals surface area contributed by atoms with Crippen molar-refractivity contribution < 1.29 is 4.21 Å². The molecule has 0 saturated heterocycles. The maximum absolute atomic E-state index is 12.4. The third-order valence-corrected chi connectivity index (χ3v) is 5.33. The Hall–Kier alpha value is -0.670. The van der Waals surface area contributed by atoms with E-state index in [2.05, 4.69) is 37.4 Å². The van der Waals surface area contributed by atoms with Gasteiger partial charge in [-0.15, -0.1) is 0 Å². The second-order valence-corrected chi connectivity index (χ2v) is 5.99. The molecule has 2 nitrogen and oxygen atoms in total. The third-order valence-electron chi connectivity index (χ3n) is 3.31. The summed E-state index contributed by atoms with van der Waals surface area (Å²) >= 11 is 0. The van der Waals surface area contributed by atoms with Crippen LogP contribution in [0, 0.1) is 6.92 Å². The SMILES string of the molecule is CCCC1C(NC)c2cccc(C)c2S1=O. The normalized spacial score (nSPS) is 28.1. The number of nitrogens with one attached hydrogen (secondary N) is 1. The third kappa shape index (κ3) is 1.72. The molecule has 0 aromatic heterocycles. The Morgan fingerprint density at radius 2 is 2.19 bits per heavy atom. The van der Waals surface area contributed by atoms with Crippen molar-refractivity contribution >= 4 is 10.8 Å². The second-order valence-electron chi connectivity index (χ2n) is 4.38. The number of hydrogen-bond donors (Lipinski definition) is 1. The van der Waals surface area contributed by atoms with Gasteiger partial charge in [-0.1, -0.05) is 31.5 Å². The molecule has 0 bridgehead atoms. The molecule has 0 spiro atoms. The lowest BCUT2D eigenvalue weighted by Crippen LogP contribution is -2.26. The van der Waals surface area contributed by atoms with E-state index in [1.165, 1.54) is 5.56 Å². The first-order valence-corrected chi connectivity index (χ1v) is 7.09. The molecule has 88 valence electrons. The highest BCUT2D eigenvalue weighted by molar-refractivity contribution is 7.86. The quantitative estimate of drug-likeness (QED) is 0.875. The molecular formula is C13H19NOS. The number of benzene rings is 1. The fourth-order valence-electron chi connectivity index (χ4n) is 2.57. The lowest BCUT2D eigenvalue weighted by molar-refractivity contribution is 0.535. The molecule has 1 aromatic rings. The highest BCUT2D eigenvalue weighted by atomic mass is 32.2. The summed E-state index contributed by atoms with van der Waals surface area (Å²) in [7, 11) is 1.12. The molecular weight excluding hydrogens is 218 g/mol. The van der Waals surface area contributed by atoms with Crippen LogP contribution >= 0.6 is 0 Å². The Labute approximate surface area is 99.9 Å². The van der Waals surface area contributed by atoms with Crippen LogP contribution in [-0.4, -0.2) is 16.5 Å². The largest absolute Gasteiger partial charge is 0.312 e. The Kier molecular flexibility index (Phi) is 3.45. The molecule has 0 saturated carbocycles. The van der Waals surface area contributed by atoms with Gasteiger partial charge in [0.25, 0.3) is 0 Å². The van der Waals surface area contributed by atoms with E-state index in [-0.39, 0.29) is 11.3 Å². The van der Waals surface area contributed by atoms with E-state index in [0.29, 0.717) is 0 Å². The minimum Gasteiger partial charge on any atom is -0.312 e. The summed E-state index contributed by atoms with van der Waals surface area (Å²) in [5.74, 6) is 0. The van der Waals surface area contributed by atoms with Gasteiger partial charge in [0.15, 0.2) is 0 Å². The molecule has 16 heavy (non-hydrogen) atoms. The van der Waals surface area contributed by atoms with Crippen molar-refractivity contribution in [2.24, 2.45) is 0 Å². The molecule has 0 fully saturated rings. The highest BCUT2D eigenvalue weighted by Gasteiger charge is 2.37. The van der Waals surface area contributed by atoms with Crippen molar-refractivity contribution in [2.75, 3.05) is 7.05 Å². The lowest BCUT2D eigenvalue weighted by atomic mass is 10.00. The number of fused-ring (bicyclic) bond motifs is 1. The molecule has 3 atom stereocenters. The Morgan fingerprint density at radius 3 is 2.81 bits per heavy atom. The molecule has 0 aliphatic carbocycles. The maximum atomic E-state index is 12.4. The average Bonchev–Trinajstić information content (AvgIpc) is 2.54. The summed E-state index contributed by atoms with van der Waals surface area (Å²) in [5.41, 5.74) is 2.40. The van der Waals surface area contributed by atoms with Crippen molar-refractivity contribution in [3.63, 3.8) is 0 Å². The summed E-state index contributed by atoms with van der Waals surface area (Å²) in [6.07, 6.45) is 2.11. The topological polar surface area (TPSA) is 29.1 Å². The Morgan fingerprint density at radius 1 is 1.44 bits per heavy atom. The maximum Gasteiger partial charge on any atom is 0.0590 e. The van der Waals surface area contributed by atoms with Gasteiger partial charge in [-0.25, -0.2) is 0 Å². The van der Waals surface area contributed by atoms with Crippen LogP contribution in [0.4, 0.5) is 0 Å². The zero-order valence-electron chi connectivity index (χ0n) is 10.1. The van der Waals surface area contributed by atoms with Crippen molar-refractivity contribution in [3.8, 4) is 0 Å². The van der Waals surface area contributed by atoms with Crippen LogP contribution in [0.5, 0.6) is 0 Å². The smallest absolute Gasteiger partial charge is 0.0590 e. The average molecular weight is 237 g/mol. The molecule has 2 rings (SSSR count). The first-order valence-electron chi connectivity index (χ1n) is 5.88. The van der Waals surface area contributed by atoms with Gasteiger partial charge in [0.1, 0.15) is 0 Å². The standard InChI is InChI=1S/C13H19NOS/c1-4-6-11-12(14-3)10-8-5-7-9(2)13(10)16(11)15/h5,7-8,11-12,14H,4,6H2,1-3H3. The lowest BCUT2D eigenvalue weighted by Gasteiger charge is -2.17. The first kappa shape index (κ1) is 11.8. The fourth-order valence-corrected chi connectivity index (χ4v) is 4.66. The highest BCUT2D eigenvalue weighted by Crippen LogP contribution is 2.39. The fraction of sp³-hybridized carbons (Fsp3) is 0.538. The minimum absolute atomic E-state index is 0.242. The molecule has 1 heterocycles. The van der Waals surface area contributed by atoms with E-state index in [9.17, 15) is 4.21 Å². The van der Waals surface area contributed by atoms with Crippen molar-refractivity contribution in [1.82, 2.24) is 5.32 Å². The molecule has 0 amide bonds. The van der Waals surface area contributed by atoms with E-state index in [1.54, 1.807) is 0 Å². The Balaban J connectivity index is 2.47. The van der Waals surface area contributed by atoms with Crippen LogP contribution in [0.15, 0.2) is 23.1 Å². The number of hydrogen-bond acceptors (Lipinski definition) is 2. The van der Waals surface area contributed by atoms with Crippen LogP contribution in [0.3, 0.4) is 0 Å². The van der Waals surface area contributed by atoms with Crippen molar-refractivity contribution in [2.45, 2.75) is 42.9 Å². The zero-order chi connectivity index (χ0) is 11.7. The molecule has 1 aromatic carbocycles. The monoisotopic (exact) mass is 237 g/mol. The summed E-state index contributed by atoms with van der Waals surface area (Å²) in [5, 5.41) is 3.56. The van der Waals surface area contributed by atoms with Crippen molar-refractivity contribution in [3.05, 3.63) is 29.3 Å². The molecule has 1 aliphatic heterocycles. The summed E-state index contributed by atoms with van der Waals surface area (Å²) in [6.45, 7) is 4.21. The van der Waals surface area contributed by atoms with Gasteiger partial charge in [-0.05, 0) is 31.5 Å². The Bertz CT molecular complexity index is 416. The second kappa shape index (κ2) is 4.68. The van der Waals surface area contributed by atoms with Gasteiger partial charge in [0.2, 0.25) is 0 Å². The predicted molar refractivity (Wildman–Crippen MR) is 68.1 cm³/mol. The van der Waals surface area contributed by atoms with Crippen LogP contribution in [0.2, 0.25) is 0 Å². The van der Waals surface area contributed by atoms with Crippen LogP contribution in [0.1, 0.15) is 36.9 Å². The van der Waals surface area contributed by atoms with Crippen molar-refractivity contribution in [1.29, 1.82) is 0 Å². The molecule has 3 unspecified atom stereocenters. The first-order chi connectivity index (χ1) is 7.70. The van der Waals surface area contributed by atoms with Gasteiger partial charge in [-0.3, -0.25) is 4.21 Å². The van der Waals surface area contributed by atoms with Gasteiger partial charge in [0, 0.05) is 10.9 Å². The van der Waals surface area contributed by atoms with Crippen LogP contribution in [-0.2, 0) is 10.8 Å². The van der Waals surface area contributed by atoms with Gasteiger partial charge in [-0.2, -0.15) is 0 Å². The molecule has 1 aliphatic rings. The molecule has 3 heteroatoms. The van der Waals surface area contributed by atoms with Gasteiger partial charge < -0.3 is 5.32 Å². The molecule has 0 radical (unpaired) electrons. The van der Waals surface area contributed by atoms with E-state index >= 15 is 0 Å².